The quantitative estimate of drug-likeness (QED) is 0.495. The van der Waals surface area contributed by atoms with Gasteiger partial charge in [0.1, 0.15) is 0 Å². The Labute approximate surface area is 59.9 Å². The molecule has 4 nitrogen and oxygen atoms in total. The summed E-state index contributed by atoms with van der Waals surface area (Å²) in [6.07, 6.45) is 0.879. The summed E-state index contributed by atoms with van der Waals surface area (Å²) in [4.78, 5) is 11.9. The zero-order valence-electron chi connectivity index (χ0n) is 5.82. The second-order valence-electron chi connectivity index (χ2n) is 2.33. The van der Waals surface area contributed by atoms with Crippen molar-refractivity contribution in [3.8, 4) is 0 Å². The number of carbonyl (C=O) groups excluding carboxylic acids is 1. The number of hydrogen-bond donors (Lipinski definition) is 1. The Kier molecular flexibility index (Phi) is 2.65. The van der Waals surface area contributed by atoms with Crippen molar-refractivity contribution >= 4 is 6.41 Å². The number of nitrogens with zero attached hydrogens (tertiary/aromatic N) is 1. The zero-order chi connectivity index (χ0) is 7.40. The van der Waals surface area contributed by atoms with Gasteiger partial charge in [-0.1, -0.05) is 0 Å². The maximum absolute atomic E-state index is 10.3. The van der Waals surface area contributed by atoms with Crippen molar-refractivity contribution in [3.63, 3.8) is 0 Å². The van der Waals surface area contributed by atoms with Crippen LogP contribution in [0.1, 0.15) is 0 Å². The average Bonchev–Trinajstić information content (AvgIpc) is 2.05. The van der Waals surface area contributed by atoms with E-state index in [4.69, 9.17) is 10.5 Å². The molecule has 1 aliphatic heterocycles. The third kappa shape index (κ3) is 1.68. The molecule has 2 N–H and O–H groups in total. The number of nitrogens with two attached hydrogens (primary N) is 1. The van der Waals surface area contributed by atoms with Crippen LogP contribution in [-0.2, 0) is 9.53 Å². The summed E-state index contributed by atoms with van der Waals surface area (Å²) in [6.45, 7) is 2.44. The van der Waals surface area contributed by atoms with Crippen LogP contribution in [0.5, 0.6) is 0 Å². The third-order valence-corrected chi connectivity index (χ3v) is 1.58. The van der Waals surface area contributed by atoms with Crippen molar-refractivity contribution in [1.29, 1.82) is 0 Å². The number of ether oxygens (including phenoxy) is 1. The first-order valence-electron chi connectivity index (χ1n) is 3.38. The molecule has 1 saturated heterocycles. The zero-order valence-corrected chi connectivity index (χ0v) is 5.82. The number of amides is 1. The van der Waals surface area contributed by atoms with Gasteiger partial charge in [0.05, 0.1) is 12.7 Å². The van der Waals surface area contributed by atoms with Crippen LogP contribution < -0.4 is 5.73 Å². The molecule has 1 fully saturated rings. The lowest BCUT2D eigenvalue weighted by Gasteiger charge is -2.29. The molecule has 1 atom stereocenters. The van der Waals surface area contributed by atoms with Gasteiger partial charge < -0.3 is 15.4 Å². The van der Waals surface area contributed by atoms with Gasteiger partial charge in [-0.05, 0) is 0 Å². The van der Waals surface area contributed by atoms with Gasteiger partial charge >= 0.3 is 0 Å². The van der Waals surface area contributed by atoms with E-state index in [0.29, 0.717) is 26.2 Å². The summed E-state index contributed by atoms with van der Waals surface area (Å²) in [7, 11) is 0. The van der Waals surface area contributed by atoms with Crippen LogP contribution in [0.4, 0.5) is 0 Å². The summed E-state index contributed by atoms with van der Waals surface area (Å²) in [5.41, 5.74) is 5.35. The van der Waals surface area contributed by atoms with Crippen LogP contribution in [0.15, 0.2) is 0 Å². The van der Waals surface area contributed by atoms with Crippen LogP contribution in [0, 0.1) is 0 Å². The fourth-order valence-electron chi connectivity index (χ4n) is 0.980. The molecule has 1 rings (SSSR count). The maximum atomic E-state index is 10.3. The Morgan fingerprint density at radius 3 is 3.20 bits per heavy atom. The predicted octanol–water partition coefficient (Wildman–Crippen LogP) is -1.20. The molecule has 1 aliphatic rings. The summed E-state index contributed by atoms with van der Waals surface area (Å²) < 4.78 is 5.23. The minimum atomic E-state index is 0.0407. The van der Waals surface area contributed by atoms with Gasteiger partial charge in [0.25, 0.3) is 0 Å². The number of hydrogen-bond acceptors (Lipinski definition) is 3. The highest BCUT2D eigenvalue weighted by molar-refractivity contribution is 5.47. The molecule has 0 aromatic carbocycles. The molecule has 0 aliphatic carbocycles. The number of morpholine rings is 1. The first-order chi connectivity index (χ1) is 4.86. The molecule has 0 aromatic rings. The molecular weight excluding hydrogens is 132 g/mol. The second kappa shape index (κ2) is 3.53. The molecule has 0 radical (unpaired) electrons. The fraction of sp³-hybridized carbons (Fsp3) is 0.833. The first-order valence-corrected chi connectivity index (χ1v) is 3.38. The van der Waals surface area contributed by atoms with E-state index in [1.807, 2.05) is 0 Å². The maximum Gasteiger partial charge on any atom is 0.209 e. The van der Waals surface area contributed by atoms with E-state index in [2.05, 4.69) is 0 Å². The molecule has 1 heterocycles. The van der Waals surface area contributed by atoms with Gasteiger partial charge in [-0.25, -0.2) is 0 Å². The van der Waals surface area contributed by atoms with Crippen molar-refractivity contribution in [2.75, 3.05) is 26.2 Å². The lowest BCUT2D eigenvalue weighted by atomic mass is 10.3. The van der Waals surface area contributed by atoms with Crippen LogP contribution in [0.2, 0.25) is 0 Å². The largest absolute Gasteiger partial charge is 0.373 e. The van der Waals surface area contributed by atoms with E-state index in [1.165, 1.54) is 0 Å². The van der Waals surface area contributed by atoms with Crippen molar-refractivity contribution < 1.29 is 9.53 Å². The first kappa shape index (κ1) is 7.50. The summed E-state index contributed by atoms with van der Waals surface area (Å²) >= 11 is 0. The smallest absolute Gasteiger partial charge is 0.209 e. The minimum absolute atomic E-state index is 0.0407. The highest BCUT2D eigenvalue weighted by atomic mass is 16.5. The Bertz CT molecular complexity index is 118. The minimum Gasteiger partial charge on any atom is -0.373 e. The summed E-state index contributed by atoms with van der Waals surface area (Å²) in [6, 6.07) is 0. The van der Waals surface area contributed by atoms with Crippen LogP contribution in [-0.4, -0.2) is 43.7 Å². The van der Waals surface area contributed by atoms with Gasteiger partial charge in [0.2, 0.25) is 6.41 Å². The van der Waals surface area contributed by atoms with Crippen LogP contribution in [0.25, 0.3) is 0 Å². The van der Waals surface area contributed by atoms with Crippen molar-refractivity contribution in [3.05, 3.63) is 0 Å². The number of carbonyl (C=O) groups is 1. The molecule has 0 saturated carbocycles. The lowest BCUT2D eigenvalue weighted by Crippen LogP contribution is -2.44. The van der Waals surface area contributed by atoms with Crippen molar-refractivity contribution in [1.82, 2.24) is 4.90 Å². The molecule has 1 amide bonds. The predicted molar refractivity (Wildman–Crippen MR) is 36.4 cm³/mol. The molecule has 4 heteroatoms. The third-order valence-electron chi connectivity index (χ3n) is 1.58. The van der Waals surface area contributed by atoms with E-state index >= 15 is 0 Å². The Morgan fingerprint density at radius 1 is 1.80 bits per heavy atom. The van der Waals surface area contributed by atoms with Gasteiger partial charge in [0.15, 0.2) is 0 Å². The van der Waals surface area contributed by atoms with Gasteiger partial charge in [-0.2, -0.15) is 0 Å². The molecule has 0 aromatic heterocycles. The number of rotatable bonds is 2. The van der Waals surface area contributed by atoms with Gasteiger partial charge in [-0.15, -0.1) is 0 Å². The lowest BCUT2D eigenvalue weighted by molar-refractivity contribution is -0.125. The molecule has 58 valence electrons. The molecule has 0 bridgehead atoms. The Balaban J connectivity index is 2.31. The highest BCUT2D eigenvalue weighted by Crippen LogP contribution is 2.00. The fourth-order valence-corrected chi connectivity index (χ4v) is 0.980. The summed E-state index contributed by atoms with van der Waals surface area (Å²) in [5.74, 6) is 0. The monoisotopic (exact) mass is 144 g/mol. The van der Waals surface area contributed by atoms with E-state index in [9.17, 15) is 4.79 Å². The van der Waals surface area contributed by atoms with Crippen LogP contribution in [0.3, 0.4) is 0 Å². The SMILES string of the molecule is NC[C@H]1CN(C=O)CCO1. The van der Waals surface area contributed by atoms with Crippen molar-refractivity contribution in [2.45, 2.75) is 6.10 Å². The summed E-state index contributed by atoms with van der Waals surface area (Å²) in [5, 5.41) is 0. The van der Waals surface area contributed by atoms with Gasteiger partial charge in [-0.3, -0.25) is 4.79 Å². The van der Waals surface area contributed by atoms with E-state index < -0.39 is 0 Å². The van der Waals surface area contributed by atoms with Crippen LogP contribution >= 0.6 is 0 Å². The average molecular weight is 144 g/mol. The standard InChI is InChI=1S/C6H12N2O2/c7-3-6-4-8(5-9)1-2-10-6/h5-6H,1-4,7H2/t6-/m0/s1. The van der Waals surface area contributed by atoms with E-state index in [0.717, 1.165) is 6.41 Å². The Hall–Kier alpha value is -0.610. The molecular formula is C6H12N2O2. The van der Waals surface area contributed by atoms with E-state index in [-0.39, 0.29) is 6.10 Å². The van der Waals surface area contributed by atoms with E-state index in [1.54, 1.807) is 4.90 Å². The molecule has 0 spiro atoms. The normalized spacial score (nSPS) is 26.5. The van der Waals surface area contributed by atoms with Crippen molar-refractivity contribution in [2.24, 2.45) is 5.73 Å². The molecule has 10 heavy (non-hydrogen) atoms. The van der Waals surface area contributed by atoms with Gasteiger partial charge in [0, 0.05) is 19.6 Å². The highest BCUT2D eigenvalue weighted by Gasteiger charge is 2.16. The molecule has 0 unspecified atom stereocenters. The Morgan fingerprint density at radius 2 is 2.60 bits per heavy atom. The topological polar surface area (TPSA) is 55.6 Å². The second-order valence-corrected chi connectivity index (χ2v) is 2.33.